The molecule has 1 saturated carbocycles. The summed E-state index contributed by atoms with van der Waals surface area (Å²) in [5, 5.41) is 6.78. The lowest BCUT2D eigenvalue weighted by atomic mass is 10.2. The van der Waals surface area contributed by atoms with Crippen LogP contribution < -0.4 is 5.32 Å². The first-order valence-electron chi connectivity index (χ1n) is 5.58. The number of rotatable bonds is 5. The van der Waals surface area contributed by atoms with Crippen molar-refractivity contribution in [1.29, 1.82) is 0 Å². The normalized spacial score (nSPS) is 17.5. The lowest BCUT2D eigenvalue weighted by Crippen LogP contribution is -2.22. The SMILES string of the molecule is c1coc(CNC(c2nccs2)C2CC2)c1. The fourth-order valence-corrected chi connectivity index (χ4v) is 2.70. The number of nitrogens with zero attached hydrogens (tertiary/aromatic N) is 1. The molecule has 0 aliphatic heterocycles. The average molecular weight is 234 g/mol. The van der Waals surface area contributed by atoms with Gasteiger partial charge in [-0.3, -0.25) is 0 Å². The molecule has 84 valence electrons. The van der Waals surface area contributed by atoms with Crippen LogP contribution in [0.5, 0.6) is 0 Å². The molecule has 0 aromatic carbocycles. The van der Waals surface area contributed by atoms with Crippen LogP contribution in [0.3, 0.4) is 0 Å². The molecule has 0 radical (unpaired) electrons. The number of hydrogen-bond donors (Lipinski definition) is 1. The van der Waals surface area contributed by atoms with E-state index >= 15 is 0 Å². The fourth-order valence-electron chi connectivity index (χ4n) is 1.90. The predicted octanol–water partition coefficient (Wildman–Crippen LogP) is 2.98. The quantitative estimate of drug-likeness (QED) is 0.864. The Bertz CT molecular complexity index is 420. The topological polar surface area (TPSA) is 38.1 Å². The molecule has 2 heterocycles. The molecule has 1 unspecified atom stereocenters. The zero-order chi connectivity index (χ0) is 10.8. The Balaban J connectivity index is 1.66. The molecule has 16 heavy (non-hydrogen) atoms. The van der Waals surface area contributed by atoms with Crippen molar-refractivity contribution in [3.05, 3.63) is 40.7 Å². The maximum atomic E-state index is 5.32. The largest absolute Gasteiger partial charge is 0.468 e. The van der Waals surface area contributed by atoms with Crippen LogP contribution in [0.25, 0.3) is 0 Å². The highest BCUT2D eigenvalue weighted by Gasteiger charge is 2.33. The van der Waals surface area contributed by atoms with Gasteiger partial charge in [0.2, 0.25) is 0 Å². The molecule has 0 amide bonds. The van der Waals surface area contributed by atoms with Crippen molar-refractivity contribution < 1.29 is 4.42 Å². The summed E-state index contributed by atoms with van der Waals surface area (Å²) in [7, 11) is 0. The first-order valence-corrected chi connectivity index (χ1v) is 6.46. The lowest BCUT2D eigenvalue weighted by Gasteiger charge is -2.14. The van der Waals surface area contributed by atoms with Crippen LogP contribution in [0.15, 0.2) is 34.4 Å². The van der Waals surface area contributed by atoms with Crippen molar-refractivity contribution in [2.75, 3.05) is 0 Å². The van der Waals surface area contributed by atoms with Gasteiger partial charge >= 0.3 is 0 Å². The summed E-state index contributed by atoms with van der Waals surface area (Å²) in [4.78, 5) is 4.40. The van der Waals surface area contributed by atoms with Gasteiger partial charge in [-0.05, 0) is 30.9 Å². The number of aromatic nitrogens is 1. The van der Waals surface area contributed by atoms with E-state index in [0.717, 1.165) is 18.2 Å². The molecule has 1 N–H and O–H groups in total. The van der Waals surface area contributed by atoms with E-state index < -0.39 is 0 Å². The lowest BCUT2D eigenvalue weighted by molar-refractivity contribution is 0.425. The van der Waals surface area contributed by atoms with Crippen molar-refractivity contribution >= 4 is 11.3 Å². The summed E-state index contributed by atoms with van der Waals surface area (Å²) >= 11 is 1.73. The van der Waals surface area contributed by atoms with Gasteiger partial charge in [0.05, 0.1) is 18.8 Å². The van der Waals surface area contributed by atoms with Gasteiger partial charge < -0.3 is 9.73 Å². The first kappa shape index (κ1) is 10.1. The Labute approximate surface area is 98.5 Å². The maximum Gasteiger partial charge on any atom is 0.117 e. The summed E-state index contributed by atoms with van der Waals surface area (Å²) in [5.74, 6) is 1.75. The van der Waals surface area contributed by atoms with Gasteiger partial charge in [-0.15, -0.1) is 11.3 Å². The third-order valence-corrected chi connectivity index (χ3v) is 3.75. The van der Waals surface area contributed by atoms with Crippen molar-refractivity contribution in [1.82, 2.24) is 10.3 Å². The zero-order valence-electron chi connectivity index (χ0n) is 8.93. The van der Waals surface area contributed by atoms with Gasteiger partial charge in [0.15, 0.2) is 0 Å². The van der Waals surface area contributed by atoms with Crippen LogP contribution in [-0.2, 0) is 6.54 Å². The average Bonchev–Trinajstić information content (AvgIpc) is 2.83. The van der Waals surface area contributed by atoms with Crippen LogP contribution in [0, 0.1) is 5.92 Å². The first-order chi connectivity index (χ1) is 7.93. The highest BCUT2D eigenvalue weighted by Crippen LogP contribution is 2.41. The monoisotopic (exact) mass is 234 g/mol. The third-order valence-electron chi connectivity index (χ3n) is 2.89. The number of thiazole rings is 1. The molecule has 1 aliphatic carbocycles. The minimum atomic E-state index is 0.408. The minimum absolute atomic E-state index is 0.408. The van der Waals surface area contributed by atoms with E-state index in [1.54, 1.807) is 17.6 Å². The second kappa shape index (κ2) is 4.39. The Morgan fingerprint density at radius 2 is 2.50 bits per heavy atom. The van der Waals surface area contributed by atoms with Crippen molar-refractivity contribution in [2.45, 2.75) is 25.4 Å². The number of nitrogens with one attached hydrogen (secondary N) is 1. The van der Waals surface area contributed by atoms with Gasteiger partial charge in [-0.2, -0.15) is 0 Å². The highest BCUT2D eigenvalue weighted by molar-refractivity contribution is 7.09. The van der Waals surface area contributed by atoms with Crippen LogP contribution in [0.1, 0.15) is 29.7 Å². The van der Waals surface area contributed by atoms with E-state index in [2.05, 4.69) is 10.3 Å². The zero-order valence-corrected chi connectivity index (χ0v) is 9.74. The third kappa shape index (κ3) is 2.18. The Hall–Kier alpha value is -1.13. The summed E-state index contributed by atoms with van der Waals surface area (Å²) in [6, 6.07) is 4.33. The molecule has 3 nitrogen and oxygen atoms in total. The van der Waals surface area contributed by atoms with Crippen LogP contribution in [-0.4, -0.2) is 4.98 Å². The minimum Gasteiger partial charge on any atom is -0.468 e. The van der Waals surface area contributed by atoms with Gasteiger partial charge in [-0.1, -0.05) is 0 Å². The molecule has 1 fully saturated rings. The molecule has 1 atom stereocenters. The van der Waals surface area contributed by atoms with Crippen LogP contribution in [0.2, 0.25) is 0 Å². The summed E-state index contributed by atoms with van der Waals surface area (Å²) < 4.78 is 5.32. The van der Waals surface area contributed by atoms with Crippen molar-refractivity contribution in [3.8, 4) is 0 Å². The van der Waals surface area contributed by atoms with Crippen LogP contribution in [0.4, 0.5) is 0 Å². The molecule has 1 aliphatic rings. The molecule has 2 aromatic rings. The van der Waals surface area contributed by atoms with Crippen molar-refractivity contribution in [3.63, 3.8) is 0 Å². The van der Waals surface area contributed by atoms with E-state index in [4.69, 9.17) is 4.42 Å². The van der Waals surface area contributed by atoms with E-state index in [-0.39, 0.29) is 0 Å². The van der Waals surface area contributed by atoms with E-state index in [0.29, 0.717) is 6.04 Å². The highest BCUT2D eigenvalue weighted by atomic mass is 32.1. The molecular weight excluding hydrogens is 220 g/mol. The second-order valence-corrected chi connectivity index (χ2v) is 5.07. The van der Waals surface area contributed by atoms with Gasteiger partial charge in [0.25, 0.3) is 0 Å². The maximum absolute atomic E-state index is 5.32. The Morgan fingerprint density at radius 1 is 1.56 bits per heavy atom. The molecule has 0 spiro atoms. The van der Waals surface area contributed by atoms with Crippen molar-refractivity contribution in [2.24, 2.45) is 5.92 Å². The second-order valence-electron chi connectivity index (χ2n) is 4.15. The fraction of sp³-hybridized carbons (Fsp3) is 0.417. The van der Waals surface area contributed by atoms with Crippen LogP contribution >= 0.6 is 11.3 Å². The van der Waals surface area contributed by atoms with Gasteiger partial charge in [0, 0.05) is 11.6 Å². The van der Waals surface area contributed by atoms with E-state index in [1.165, 1.54) is 17.8 Å². The molecule has 0 bridgehead atoms. The molecule has 2 aromatic heterocycles. The van der Waals surface area contributed by atoms with E-state index in [1.807, 2.05) is 23.7 Å². The Kier molecular flexibility index (Phi) is 2.76. The predicted molar refractivity (Wildman–Crippen MR) is 63.1 cm³/mol. The molecule has 0 saturated heterocycles. The number of furan rings is 1. The van der Waals surface area contributed by atoms with Gasteiger partial charge in [0.1, 0.15) is 10.8 Å². The summed E-state index contributed by atoms with van der Waals surface area (Å²) in [5.41, 5.74) is 0. The van der Waals surface area contributed by atoms with Gasteiger partial charge in [-0.25, -0.2) is 4.98 Å². The Morgan fingerprint density at radius 3 is 3.12 bits per heavy atom. The molecule has 3 rings (SSSR count). The molecule has 4 heteroatoms. The standard InChI is InChI=1S/C12H14N2OS/c1-2-10(15-6-1)8-14-11(9-3-4-9)12-13-5-7-16-12/h1-2,5-7,9,11,14H,3-4,8H2. The summed E-state index contributed by atoms with van der Waals surface area (Å²) in [6.07, 6.45) is 6.22. The smallest absolute Gasteiger partial charge is 0.117 e. The molecular formula is C12H14N2OS. The summed E-state index contributed by atoms with van der Waals surface area (Å²) in [6.45, 7) is 0.785. The number of hydrogen-bond acceptors (Lipinski definition) is 4. The van der Waals surface area contributed by atoms with E-state index in [9.17, 15) is 0 Å².